The van der Waals surface area contributed by atoms with Crippen LogP contribution in [0.4, 0.5) is 5.69 Å². The Bertz CT molecular complexity index is 723. The third kappa shape index (κ3) is 2.34. The number of halogens is 1. The van der Waals surface area contributed by atoms with Crippen LogP contribution < -0.4 is 4.90 Å². The Hall–Kier alpha value is -1.41. The minimum Gasteiger partial charge on any atom is -0.507 e. The van der Waals surface area contributed by atoms with Crippen LogP contribution in [0.15, 0.2) is 18.2 Å². The molecular weight excluding hydrogens is 294 g/mol. The molecule has 0 saturated heterocycles. The van der Waals surface area contributed by atoms with Crippen LogP contribution in [0.5, 0.6) is 5.75 Å². The topological polar surface area (TPSA) is 23.5 Å². The van der Waals surface area contributed by atoms with Crippen LogP contribution in [0.2, 0.25) is 0 Å². The number of phenolic OH excluding ortho intramolecular Hbond substituents is 1. The van der Waals surface area contributed by atoms with E-state index >= 15 is 0 Å². The van der Waals surface area contributed by atoms with Crippen molar-refractivity contribution < 1.29 is 5.11 Å². The zero-order valence-electron chi connectivity index (χ0n) is 13.8. The Labute approximate surface area is 137 Å². The Morgan fingerprint density at radius 3 is 2.73 bits per heavy atom. The highest BCUT2D eigenvalue weighted by Crippen LogP contribution is 2.46. The summed E-state index contributed by atoms with van der Waals surface area (Å²) < 4.78 is 0. The van der Waals surface area contributed by atoms with Gasteiger partial charge in [-0.1, -0.05) is 0 Å². The lowest BCUT2D eigenvalue weighted by Crippen LogP contribution is -2.16. The van der Waals surface area contributed by atoms with Crippen LogP contribution in [0.3, 0.4) is 0 Å². The summed E-state index contributed by atoms with van der Waals surface area (Å²) in [5.41, 5.74) is 5.00. The first-order chi connectivity index (χ1) is 10.4. The molecule has 3 heteroatoms. The molecular formula is C19H24ClNO. The molecule has 0 fully saturated rings. The quantitative estimate of drug-likeness (QED) is 0.808. The Kier molecular flexibility index (Phi) is 3.98. The third-order valence-corrected chi connectivity index (χ3v) is 5.39. The average molecular weight is 318 g/mol. The Morgan fingerprint density at radius 1 is 1.36 bits per heavy atom. The first-order valence-corrected chi connectivity index (χ1v) is 8.52. The lowest BCUT2D eigenvalue weighted by Gasteiger charge is -2.22. The van der Waals surface area contributed by atoms with E-state index in [4.69, 9.17) is 11.6 Å². The van der Waals surface area contributed by atoms with E-state index in [2.05, 4.69) is 44.9 Å². The normalized spacial score (nSPS) is 18.5. The van der Waals surface area contributed by atoms with Gasteiger partial charge in [0.05, 0.1) is 0 Å². The van der Waals surface area contributed by atoms with Crippen molar-refractivity contribution in [3.63, 3.8) is 0 Å². The van der Waals surface area contributed by atoms with Crippen molar-refractivity contribution in [2.45, 2.75) is 44.9 Å². The summed E-state index contributed by atoms with van der Waals surface area (Å²) in [7, 11) is 2.08. The summed E-state index contributed by atoms with van der Waals surface area (Å²) in [5.74, 6) is 0.777. The third-order valence-electron chi connectivity index (χ3n) is 5.09. The van der Waals surface area contributed by atoms with E-state index in [0.717, 1.165) is 30.5 Å². The van der Waals surface area contributed by atoms with Gasteiger partial charge in [-0.25, -0.2) is 0 Å². The molecule has 2 aromatic carbocycles. The van der Waals surface area contributed by atoms with E-state index in [0.29, 0.717) is 11.7 Å². The molecule has 1 aliphatic rings. The van der Waals surface area contributed by atoms with E-state index in [9.17, 15) is 5.11 Å². The minimum absolute atomic E-state index is 0.117. The van der Waals surface area contributed by atoms with E-state index in [1.807, 2.05) is 6.07 Å². The highest BCUT2D eigenvalue weighted by atomic mass is 35.5. The van der Waals surface area contributed by atoms with Gasteiger partial charge in [-0.3, -0.25) is 0 Å². The molecule has 0 saturated carbocycles. The monoisotopic (exact) mass is 317 g/mol. The number of anilines is 1. The fraction of sp³-hybridized carbons (Fsp3) is 0.474. The molecule has 2 unspecified atom stereocenters. The number of hydrogen-bond acceptors (Lipinski definition) is 2. The fourth-order valence-corrected chi connectivity index (χ4v) is 4.01. The molecule has 2 atom stereocenters. The van der Waals surface area contributed by atoms with Crippen molar-refractivity contribution in [3.8, 4) is 5.75 Å². The van der Waals surface area contributed by atoms with Gasteiger partial charge < -0.3 is 10.0 Å². The van der Waals surface area contributed by atoms with Crippen LogP contribution in [0.25, 0.3) is 10.8 Å². The molecule has 118 valence electrons. The van der Waals surface area contributed by atoms with Crippen LogP contribution >= 0.6 is 11.6 Å². The summed E-state index contributed by atoms with van der Waals surface area (Å²) in [6.45, 7) is 7.29. The molecule has 0 heterocycles. The van der Waals surface area contributed by atoms with Gasteiger partial charge in [0.2, 0.25) is 0 Å². The number of benzene rings is 2. The molecule has 22 heavy (non-hydrogen) atoms. The molecule has 0 bridgehead atoms. The Balaban J connectivity index is 2.31. The van der Waals surface area contributed by atoms with Crippen molar-refractivity contribution in [3.05, 3.63) is 34.9 Å². The maximum Gasteiger partial charge on any atom is 0.123 e. The number of hydrogen-bond donors (Lipinski definition) is 1. The zero-order chi connectivity index (χ0) is 16.0. The molecule has 2 nitrogen and oxygen atoms in total. The summed E-state index contributed by atoms with van der Waals surface area (Å²) in [6, 6.07) is 6.28. The van der Waals surface area contributed by atoms with Crippen molar-refractivity contribution >= 4 is 28.1 Å². The van der Waals surface area contributed by atoms with E-state index < -0.39 is 0 Å². The van der Waals surface area contributed by atoms with Gasteiger partial charge in [0.15, 0.2) is 0 Å². The summed E-state index contributed by atoms with van der Waals surface area (Å²) in [6.07, 6.45) is 2.09. The van der Waals surface area contributed by atoms with Gasteiger partial charge in [-0.15, -0.1) is 11.6 Å². The first kappa shape index (κ1) is 15.5. The molecule has 0 radical (unpaired) electrons. The van der Waals surface area contributed by atoms with E-state index in [1.54, 1.807) is 0 Å². The maximum atomic E-state index is 10.5. The second-order valence-corrected chi connectivity index (χ2v) is 7.18. The van der Waals surface area contributed by atoms with Crippen molar-refractivity contribution in [1.82, 2.24) is 0 Å². The number of aromatic hydroxyl groups is 1. The lowest BCUT2D eigenvalue weighted by atomic mass is 9.89. The molecule has 0 aliphatic heterocycles. The molecule has 0 amide bonds. The largest absolute Gasteiger partial charge is 0.507 e. The predicted molar refractivity (Wildman–Crippen MR) is 95.7 cm³/mol. The highest BCUT2D eigenvalue weighted by Gasteiger charge is 2.30. The number of aryl methyl sites for hydroxylation is 2. The molecule has 1 N–H and O–H groups in total. The van der Waals surface area contributed by atoms with Gasteiger partial charge in [-0.2, -0.15) is 0 Å². The molecule has 1 aliphatic carbocycles. The van der Waals surface area contributed by atoms with Gasteiger partial charge in [0.25, 0.3) is 0 Å². The predicted octanol–water partition coefficient (Wildman–Crippen LogP) is 4.97. The second-order valence-electron chi connectivity index (χ2n) is 6.49. The SMILES string of the molecule is CCN(C)c1cc(C)c2c3c(cc(O)c2c1)CCC3C(C)Cl. The maximum absolute atomic E-state index is 10.5. The standard InChI is InChI=1S/C19H24ClNO/c1-5-21(4)14-8-11(2)18-16(10-14)17(22)9-13-6-7-15(12(3)20)19(13)18/h8-10,12,15,22H,5-7H2,1-4H3. The van der Waals surface area contributed by atoms with E-state index in [1.165, 1.54) is 22.1 Å². The summed E-state index contributed by atoms with van der Waals surface area (Å²) in [5, 5.41) is 12.8. The molecule has 0 spiro atoms. The van der Waals surface area contributed by atoms with Crippen LogP contribution in [0, 0.1) is 6.92 Å². The Morgan fingerprint density at radius 2 is 2.09 bits per heavy atom. The van der Waals surface area contributed by atoms with Gasteiger partial charge >= 0.3 is 0 Å². The first-order valence-electron chi connectivity index (χ1n) is 8.08. The lowest BCUT2D eigenvalue weighted by molar-refractivity contribution is 0.481. The zero-order valence-corrected chi connectivity index (χ0v) is 14.5. The second kappa shape index (κ2) is 5.66. The molecule has 0 aromatic heterocycles. The average Bonchev–Trinajstić information content (AvgIpc) is 2.89. The van der Waals surface area contributed by atoms with Gasteiger partial charge in [0, 0.05) is 36.0 Å². The fourth-order valence-electron chi connectivity index (χ4n) is 3.76. The van der Waals surface area contributed by atoms with Crippen molar-refractivity contribution in [2.24, 2.45) is 0 Å². The van der Waals surface area contributed by atoms with Crippen molar-refractivity contribution in [1.29, 1.82) is 0 Å². The van der Waals surface area contributed by atoms with Crippen molar-refractivity contribution in [2.75, 3.05) is 18.5 Å². The number of rotatable bonds is 3. The number of alkyl halides is 1. The number of fused-ring (bicyclic) bond motifs is 3. The van der Waals surface area contributed by atoms with Crippen LogP contribution in [-0.2, 0) is 6.42 Å². The van der Waals surface area contributed by atoms with Gasteiger partial charge in [-0.05, 0) is 73.9 Å². The number of nitrogens with zero attached hydrogens (tertiary/aromatic N) is 1. The highest BCUT2D eigenvalue weighted by molar-refractivity contribution is 6.21. The minimum atomic E-state index is 0.117. The summed E-state index contributed by atoms with van der Waals surface area (Å²) >= 11 is 6.44. The number of phenols is 1. The molecule has 2 aromatic rings. The van der Waals surface area contributed by atoms with E-state index in [-0.39, 0.29) is 5.38 Å². The molecule has 3 rings (SSSR count). The van der Waals surface area contributed by atoms with Crippen LogP contribution in [0.1, 0.15) is 42.9 Å². The van der Waals surface area contributed by atoms with Gasteiger partial charge in [0.1, 0.15) is 5.75 Å². The smallest absolute Gasteiger partial charge is 0.123 e. The van der Waals surface area contributed by atoms with Crippen LogP contribution in [-0.4, -0.2) is 24.1 Å². The summed E-state index contributed by atoms with van der Waals surface area (Å²) in [4.78, 5) is 2.20.